The second-order valence-electron chi connectivity index (χ2n) is 4.81. The van der Waals surface area contributed by atoms with Crippen molar-refractivity contribution in [2.24, 2.45) is 5.92 Å². The van der Waals surface area contributed by atoms with Gasteiger partial charge in [0.15, 0.2) is 5.78 Å². The number of carbonyl (C=O) groups is 1. The van der Waals surface area contributed by atoms with Crippen molar-refractivity contribution in [3.63, 3.8) is 0 Å². The summed E-state index contributed by atoms with van der Waals surface area (Å²) in [7, 11) is 0. The largest absolute Gasteiger partial charge is 0.370 e. The van der Waals surface area contributed by atoms with E-state index < -0.39 is 0 Å². The van der Waals surface area contributed by atoms with Gasteiger partial charge >= 0.3 is 0 Å². The number of aromatic amines is 1. The summed E-state index contributed by atoms with van der Waals surface area (Å²) in [5.41, 5.74) is 1.23. The van der Waals surface area contributed by atoms with Gasteiger partial charge in [-0.1, -0.05) is 6.92 Å². The number of hydrogen-bond acceptors (Lipinski definition) is 2. The van der Waals surface area contributed by atoms with Crippen molar-refractivity contribution < 1.29 is 13.9 Å². The molecule has 0 saturated carbocycles. The van der Waals surface area contributed by atoms with E-state index >= 15 is 0 Å². The molecule has 1 fully saturated rings. The summed E-state index contributed by atoms with van der Waals surface area (Å²) in [6, 6.07) is 4.39. The van der Waals surface area contributed by atoms with Crippen LogP contribution in [0.3, 0.4) is 0 Å². The van der Waals surface area contributed by atoms with Crippen LogP contribution < -0.4 is 0 Å². The number of Topliss-reactive ketones (excluding diaryl/α,β-unsaturated/α-hetero) is 1. The molecule has 2 unspecified atom stereocenters. The fraction of sp³-hybridized carbons (Fsp3) is 0.357. The lowest BCUT2D eigenvalue weighted by atomic mass is 9.96. The first-order valence-corrected chi connectivity index (χ1v) is 6.09. The highest BCUT2D eigenvalue weighted by molar-refractivity contribution is 6.10. The van der Waals surface area contributed by atoms with Crippen LogP contribution in [0.5, 0.6) is 0 Å². The number of aromatic nitrogens is 1. The maximum absolute atomic E-state index is 13.1. The third-order valence-corrected chi connectivity index (χ3v) is 3.56. The Bertz CT molecular complexity index is 605. The Morgan fingerprint density at radius 1 is 1.50 bits per heavy atom. The second-order valence-corrected chi connectivity index (χ2v) is 4.81. The Hall–Kier alpha value is -1.68. The molecule has 1 aromatic carbocycles. The van der Waals surface area contributed by atoms with Gasteiger partial charge in [-0.25, -0.2) is 4.39 Å². The van der Waals surface area contributed by atoms with E-state index in [2.05, 4.69) is 4.98 Å². The third-order valence-electron chi connectivity index (χ3n) is 3.56. The summed E-state index contributed by atoms with van der Waals surface area (Å²) in [5.74, 6) is -0.0883. The van der Waals surface area contributed by atoms with Crippen LogP contribution in [0.1, 0.15) is 23.7 Å². The number of hydrogen-bond donors (Lipinski definition) is 1. The molecule has 4 heteroatoms. The number of fused-ring (bicyclic) bond motifs is 1. The third kappa shape index (κ3) is 1.73. The average Bonchev–Trinajstić information content (AvgIpc) is 2.94. The van der Waals surface area contributed by atoms with Crippen molar-refractivity contribution in [1.29, 1.82) is 0 Å². The minimum atomic E-state index is -0.367. The van der Waals surface area contributed by atoms with E-state index in [0.717, 1.165) is 11.8 Å². The number of halogens is 1. The van der Waals surface area contributed by atoms with Crippen molar-refractivity contribution in [3.05, 3.63) is 35.8 Å². The zero-order valence-electron chi connectivity index (χ0n) is 10.1. The fourth-order valence-electron chi connectivity index (χ4n) is 2.49. The number of ketones is 1. The predicted octanol–water partition coefficient (Wildman–Crippen LogP) is 2.91. The normalized spacial score (nSPS) is 23.7. The molecule has 1 N–H and O–H groups in total. The van der Waals surface area contributed by atoms with E-state index in [9.17, 15) is 9.18 Å². The molecule has 1 aliphatic rings. The van der Waals surface area contributed by atoms with E-state index in [4.69, 9.17) is 4.74 Å². The van der Waals surface area contributed by atoms with E-state index in [1.165, 1.54) is 12.1 Å². The first-order chi connectivity index (χ1) is 8.66. The Balaban J connectivity index is 2.01. The Labute approximate surface area is 104 Å². The number of H-pyrrole nitrogens is 1. The predicted molar refractivity (Wildman–Crippen MR) is 66.1 cm³/mol. The summed E-state index contributed by atoms with van der Waals surface area (Å²) < 4.78 is 18.6. The molecule has 2 aromatic rings. The van der Waals surface area contributed by atoms with Gasteiger partial charge in [-0.15, -0.1) is 0 Å². The van der Waals surface area contributed by atoms with E-state index in [1.807, 2.05) is 6.92 Å². The summed E-state index contributed by atoms with van der Waals surface area (Å²) in [6.45, 7) is 2.65. The Morgan fingerprint density at radius 3 is 3.06 bits per heavy atom. The molecule has 18 heavy (non-hydrogen) atoms. The zero-order chi connectivity index (χ0) is 12.7. The first kappa shape index (κ1) is 11.4. The molecule has 3 rings (SSSR count). The van der Waals surface area contributed by atoms with Crippen molar-refractivity contribution in [2.45, 2.75) is 19.4 Å². The smallest absolute Gasteiger partial charge is 0.193 e. The summed E-state index contributed by atoms with van der Waals surface area (Å²) in [4.78, 5) is 15.3. The standard InChI is InChI=1S/C14H14FNO2/c1-8-4-5-18-14(8)13(17)11-7-16-12-6-9(15)2-3-10(11)12/h2-3,6-8,14,16H,4-5H2,1H3. The Kier molecular flexibility index (Phi) is 2.67. The molecule has 94 valence electrons. The molecule has 2 heterocycles. The number of ether oxygens (including phenoxy) is 1. The van der Waals surface area contributed by atoms with Gasteiger partial charge in [-0.3, -0.25) is 4.79 Å². The molecule has 0 radical (unpaired) electrons. The quantitative estimate of drug-likeness (QED) is 0.829. The number of rotatable bonds is 2. The molecule has 1 saturated heterocycles. The van der Waals surface area contributed by atoms with Gasteiger partial charge in [0.2, 0.25) is 0 Å². The highest BCUT2D eigenvalue weighted by atomic mass is 19.1. The molecule has 0 amide bonds. The minimum absolute atomic E-state index is 0.0159. The van der Waals surface area contributed by atoms with Gasteiger partial charge in [0.1, 0.15) is 11.9 Å². The van der Waals surface area contributed by atoms with Crippen LogP contribution in [0.4, 0.5) is 4.39 Å². The molecule has 0 bridgehead atoms. The lowest BCUT2D eigenvalue weighted by molar-refractivity contribution is 0.0581. The lowest BCUT2D eigenvalue weighted by Crippen LogP contribution is -2.24. The fourth-order valence-corrected chi connectivity index (χ4v) is 2.49. The maximum Gasteiger partial charge on any atom is 0.193 e. The van der Waals surface area contributed by atoms with Gasteiger partial charge in [0.25, 0.3) is 0 Å². The highest BCUT2D eigenvalue weighted by Crippen LogP contribution is 2.27. The number of nitrogens with one attached hydrogen (secondary N) is 1. The average molecular weight is 247 g/mol. The van der Waals surface area contributed by atoms with Gasteiger partial charge in [-0.05, 0) is 30.5 Å². The van der Waals surface area contributed by atoms with Crippen LogP contribution in [-0.4, -0.2) is 23.5 Å². The molecule has 1 aliphatic heterocycles. The van der Waals surface area contributed by atoms with Crippen LogP contribution in [-0.2, 0) is 4.74 Å². The van der Waals surface area contributed by atoms with Gasteiger partial charge in [0.05, 0.1) is 0 Å². The van der Waals surface area contributed by atoms with Crippen LogP contribution in [0.2, 0.25) is 0 Å². The minimum Gasteiger partial charge on any atom is -0.370 e. The van der Waals surface area contributed by atoms with Crippen molar-refractivity contribution in [1.82, 2.24) is 4.98 Å². The molecule has 3 nitrogen and oxygen atoms in total. The molecule has 1 aromatic heterocycles. The molecule has 2 atom stereocenters. The Morgan fingerprint density at radius 2 is 2.33 bits per heavy atom. The van der Waals surface area contributed by atoms with E-state index in [-0.39, 0.29) is 23.6 Å². The van der Waals surface area contributed by atoms with Crippen molar-refractivity contribution in [3.8, 4) is 0 Å². The summed E-state index contributed by atoms with van der Waals surface area (Å²) in [5, 5.41) is 0.754. The molecular formula is C14H14FNO2. The van der Waals surface area contributed by atoms with Crippen molar-refractivity contribution >= 4 is 16.7 Å². The number of benzene rings is 1. The topological polar surface area (TPSA) is 42.1 Å². The summed E-state index contributed by atoms with van der Waals surface area (Å²) >= 11 is 0. The van der Waals surface area contributed by atoms with E-state index in [0.29, 0.717) is 17.7 Å². The van der Waals surface area contributed by atoms with Crippen molar-refractivity contribution in [2.75, 3.05) is 6.61 Å². The SMILES string of the molecule is CC1CCOC1C(=O)c1c[nH]c2cc(F)ccc12. The van der Waals surface area contributed by atoms with Crippen LogP contribution >= 0.6 is 0 Å². The van der Waals surface area contributed by atoms with Crippen LogP contribution in [0.25, 0.3) is 10.9 Å². The lowest BCUT2D eigenvalue weighted by Gasteiger charge is -2.12. The van der Waals surface area contributed by atoms with Gasteiger partial charge in [0, 0.05) is 29.3 Å². The highest BCUT2D eigenvalue weighted by Gasteiger charge is 2.32. The maximum atomic E-state index is 13.1. The molecule has 0 spiro atoms. The second kappa shape index (κ2) is 4.21. The van der Waals surface area contributed by atoms with Crippen LogP contribution in [0.15, 0.2) is 24.4 Å². The molecular weight excluding hydrogens is 233 g/mol. The number of carbonyl (C=O) groups excluding carboxylic acids is 1. The monoisotopic (exact) mass is 247 g/mol. The molecule has 0 aliphatic carbocycles. The zero-order valence-corrected chi connectivity index (χ0v) is 10.1. The van der Waals surface area contributed by atoms with Crippen LogP contribution in [0, 0.1) is 11.7 Å². The van der Waals surface area contributed by atoms with Gasteiger partial charge in [-0.2, -0.15) is 0 Å². The summed E-state index contributed by atoms with van der Waals surface area (Å²) in [6.07, 6.45) is 2.18. The van der Waals surface area contributed by atoms with Gasteiger partial charge < -0.3 is 9.72 Å². The first-order valence-electron chi connectivity index (χ1n) is 6.09. The van der Waals surface area contributed by atoms with E-state index in [1.54, 1.807) is 12.3 Å².